The van der Waals surface area contributed by atoms with E-state index in [0.29, 0.717) is 22.5 Å². The zero-order chi connectivity index (χ0) is 14.5. The molecule has 0 spiro atoms. The average Bonchev–Trinajstić information content (AvgIpc) is 2.39. The van der Waals surface area contributed by atoms with Crippen molar-refractivity contribution in [3.8, 4) is 0 Å². The number of anilines is 3. The second kappa shape index (κ2) is 6.52. The van der Waals surface area contributed by atoms with Crippen LogP contribution < -0.4 is 10.6 Å². The third kappa shape index (κ3) is 3.81. The van der Waals surface area contributed by atoms with E-state index in [2.05, 4.69) is 27.5 Å². The van der Waals surface area contributed by atoms with E-state index in [1.807, 2.05) is 6.92 Å². The van der Waals surface area contributed by atoms with Gasteiger partial charge in [-0.1, -0.05) is 18.5 Å². The van der Waals surface area contributed by atoms with Crippen LogP contribution in [0.2, 0.25) is 5.02 Å². The molecule has 20 heavy (non-hydrogen) atoms. The van der Waals surface area contributed by atoms with Crippen LogP contribution in [0.25, 0.3) is 0 Å². The molecule has 2 N–H and O–H groups in total. The average molecular weight is 295 g/mol. The van der Waals surface area contributed by atoms with Crippen LogP contribution in [0.4, 0.5) is 21.8 Å². The molecule has 0 fully saturated rings. The molecule has 0 bridgehead atoms. The van der Waals surface area contributed by atoms with Crippen molar-refractivity contribution in [2.75, 3.05) is 17.2 Å². The Morgan fingerprint density at radius 2 is 2.05 bits per heavy atom. The van der Waals surface area contributed by atoms with Gasteiger partial charge in [-0.15, -0.1) is 0 Å². The van der Waals surface area contributed by atoms with E-state index in [9.17, 15) is 4.39 Å². The summed E-state index contributed by atoms with van der Waals surface area (Å²) in [5.74, 6) is 0.651. The molecule has 0 unspecified atom stereocenters. The summed E-state index contributed by atoms with van der Waals surface area (Å²) in [7, 11) is 0. The first-order chi connectivity index (χ1) is 9.58. The van der Waals surface area contributed by atoms with Crippen molar-refractivity contribution < 1.29 is 4.39 Å². The van der Waals surface area contributed by atoms with E-state index >= 15 is 0 Å². The smallest absolute Gasteiger partial charge is 0.224 e. The first-order valence-electron chi connectivity index (χ1n) is 6.40. The molecule has 0 aliphatic carbocycles. The van der Waals surface area contributed by atoms with Crippen molar-refractivity contribution in [1.29, 1.82) is 0 Å². The lowest BCUT2D eigenvalue weighted by Crippen LogP contribution is -2.07. The molecule has 0 saturated carbocycles. The topological polar surface area (TPSA) is 49.8 Å². The first kappa shape index (κ1) is 14.5. The van der Waals surface area contributed by atoms with Gasteiger partial charge in [0.15, 0.2) is 0 Å². The van der Waals surface area contributed by atoms with Crippen molar-refractivity contribution in [2.45, 2.75) is 20.3 Å². The number of aromatic nitrogens is 2. The normalized spacial score (nSPS) is 10.4. The second-order valence-electron chi connectivity index (χ2n) is 4.39. The maximum Gasteiger partial charge on any atom is 0.224 e. The Labute approximate surface area is 122 Å². The molecular weight excluding hydrogens is 279 g/mol. The number of hydrogen-bond donors (Lipinski definition) is 2. The lowest BCUT2D eigenvalue weighted by atomic mass is 10.3. The number of halogens is 2. The maximum atomic E-state index is 13.7. The number of hydrogen-bond acceptors (Lipinski definition) is 4. The molecular formula is C14H16ClFN4. The standard InChI is InChI=1S/C14H16ClFN4/c1-3-6-17-14-18-9(2)7-13(20-14)19-12-5-4-10(15)8-11(12)16/h4-5,7-8H,3,6H2,1-2H3,(H2,17,18,19,20). The Morgan fingerprint density at radius 3 is 2.75 bits per heavy atom. The third-order valence-corrected chi connectivity index (χ3v) is 2.82. The molecule has 106 valence electrons. The highest BCUT2D eigenvalue weighted by Crippen LogP contribution is 2.22. The van der Waals surface area contributed by atoms with Crippen LogP contribution in [0.3, 0.4) is 0 Å². The van der Waals surface area contributed by atoms with Gasteiger partial charge in [0.25, 0.3) is 0 Å². The maximum absolute atomic E-state index is 13.7. The van der Waals surface area contributed by atoms with Crippen LogP contribution in [0, 0.1) is 12.7 Å². The Kier molecular flexibility index (Phi) is 4.74. The summed E-state index contributed by atoms with van der Waals surface area (Å²) in [5.41, 5.74) is 1.13. The van der Waals surface area contributed by atoms with E-state index in [1.54, 1.807) is 18.2 Å². The molecule has 1 heterocycles. The highest BCUT2D eigenvalue weighted by Gasteiger charge is 2.06. The number of nitrogens with one attached hydrogen (secondary N) is 2. The van der Waals surface area contributed by atoms with E-state index in [-0.39, 0.29) is 0 Å². The number of rotatable bonds is 5. The van der Waals surface area contributed by atoms with Gasteiger partial charge in [0, 0.05) is 23.3 Å². The largest absolute Gasteiger partial charge is 0.354 e. The van der Waals surface area contributed by atoms with E-state index in [1.165, 1.54) is 6.07 Å². The lowest BCUT2D eigenvalue weighted by molar-refractivity contribution is 0.632. The van der Waals surface area contributed by atoms with Gasteiger partial charge < -0.3 is 10.6 Å². The van der Waals surface area contributed by atoms with Gasteiger partial charge in [-0.05, 0) is 31.5 Å². The van der Waals surface area contributed by atoms with E-state index in [4.69, 9.17) is 11.6 Å². The summed E-state index contributed by atoms with van der Waals surface area (Å²) >= 11 is 5.72. The summed E-state index contributed by atoms with van der Waals surface area (Å²) in [6, 6.07) is 6.21. The van der Waals surface area contributed by atoms with Crippen molar-refractivity contribution in [3.63, 3.8) is 0 Å². The highest BCUT2D eigenvalue weighted by molar-refractivity contribution is 6.30. The van der Waals surface area contributed by atoms with Crippen LogP contribution in [-0.4, -0.2) is 16.5 Å². The molecule has 1 aromatic heterocycles. The summed E-state index contributed by atoms with van der Waals surface area (Å²) in [4.78, 5) is 8.57. The van der Waals surface area contributed by atoms with Crippen molar-refractivity contribution >= 4 is 29.1 Å². The Hall–Kier alpha value is -1.88. The Balaban J connectivity index is 2.21. The summed E-state index contributed by atoms with van der Waals surface area (Å²) < 4.78 is 13.7. The predicted molar refractivity (Wildman–Crippen MR) is 80.2 cm³/mol. The van der Waals surface area contributed by atoms with Crippen molar-refractivity contribution in [1.82, 2.24) is 9.97 Å². The zero-order valence-corrected chi connectivity index (χ0v) is 12.1. The van der Waals surface area contributed by atoms with E-state index in [0.717, 1.165) is 18.7 Å². The highest BCUT2D eigenvalue weighted by atomic mass is 35.5. The summed E-state index contributed by atoms with van der Waals surface area (Å²) in [6.45, 7) is 4.71. The molecule has 0 saturated heterocycles. The molecule has 1 aromatic carbocycles. The summed E-state index contributed by atoms with van der Waals surface area (Å²) in [6.07, 6.45) is 0.978. The minimum absolute atomic E-state index is 0.328. The van der Waals surface area contributed by atoms with Crippen LogP contribution in [0.1, 0.15) is 19.0 Å². The lowest BCUT2D eigenvalue weighted by Gasteiger charge is -2.10. The van der Waals surface area contributed by atoms with Crippen LogP contribution >= 0.6 is 11.6 Å². The Morgan fingerprint density at radius 1 is 1.25 bits per heavy atom. The predicted octanol–water partition coefficient (Wildman–Crippen LogP) is 4.14. The monoisotopic (exact) mass is 294 g/mol. The van der Waals surface area contributed by atoms with E-state index < -0.39 is 5.82 Å². The molecule has 0 amide bonds. The quantitative estimate of drug-likeness (QED) is 0.870. The third-order valence-electron chi connectivity index (χ3n) is 2.58. The van der Waals surface area contributed by atoms with Gasteiger partial charge in [-0.2, -0.15) is 4.98 Å². The number of aryl methyl sites for hydroxylation is 1. The molecule has 0 radical (unpaired) electrons. The van der Waals surface area contributed by atoms with Crippen molar-refractivity contribution in [3.05, 3.63) is 40.8 Å². The molecule has 2 rings (SSSR count). The fraction of sp³-hybridized carbons (Fsp3) is 0.286. The summed E-state index contributed by atoms with van der Waals surface area (Å²) in [5, 5.41) is 6.40. The molecule has 0 atom stereocenters. The minimum Gasteiger partial charge on any atom is -0.354 e. The number of benzene rings is 1. The fourth-order valence-electron chi connectivity index (χ4n) is 1.68. The molecule has 4 nitrogen and oxygen atoms in total. The van der Waals surface area contributed by atoms with Crippen LogP contribution in [0.15, 0.2) is 24.3 Å². The van der Waals surface area contributed by atoms with Gasteiger partial charge in [0.2, 0.25) is 5.95 Å². The Bertz CT molecular complexity index is 604. The van der Waals surface area contributed by atoms with Gasteiger partial charge in [0.1, 0.15) is 11.6 Å². The molecule has 2 aromatic rings. The fourth-order valence-corrected chi connectivity index (χ4v) is 1.84. The second-order valence-corrected chi connectivity index (χ2v) is 4.83. The number of nitrogens with zero attached hydrogens (tertiary/aromatic N) is 2. The minimum atomic E-state index is -0.420. The molecule has 0 aliphatic rings. The van der Waals surface area contributed by atoms with Crippen LogP contribution in [-0.2, 0) is 0 Å². The zero-order valence-electron chi connectivity index (χ0n) is 11.4. The SMILES string of the molecule is CCCNc1nc(C)cc(Nc2ccc(Cl)cc2F)n1. The van der Waals surface area contributed by atoms with Gasteiger partial charge in [-0.3, -0.25) is 0 Å². The first-order valence-corrected chi connectivity index (χ1v) is 6.78. The van der Waals surface area contributed by atoms with Gasteiger partial charge in [0.05, 0.1) is 5.69 Å². The van der Waals surface area contributed by atoms with Gasteiger partial charge >= 0.3 is 0 Å². The van der Waals surface area contributed by atoms with Gasteiger partial charge in [-0.25, -0.2) is 9.37 Å². The molecule has 6 heteroatoms. The van der Waals surface area contributed by atoms with Crippen molar-refractivity contribution in [2.24, 2.45) is 0 Å². The molecule has 0 aliphatic heterocycles. The van der Waals surface area contributed by atoms with Crippen LogP contribution in [0.5, 0.6) is 0 Å².